The third kappa shape index (κ3) is 8.09. The highest BCUT2D eigenvalue weighted by Gasteiger charge is 2.20. The maximum absolute atomic E-state index is 12.9. The second-order valence-electron chi connectivity index (χ2n) is 7.23. The van der Waals surface area contributed by atoms with Crippen molar-refractivity contribution in [2.75, 3.05) is 26.2 Å². The third-order valence-corrected chi connectivity index (χ3v) is 3.60. The van der Waals surface area contributed by atoms with Crippen LogP contribution < -0.4 is 10.6 Å². The molecule has 1 fully saturated rings. The van der Waals surface area contributed by atoms with Gasteiger partial charge in [0.25, 0.3) is 0 Å². The summed E-state index contributed by atoms with van der Waals surface area (Å²) in [7, 11) is 0. The van der Waals surface area contributed by atoms with Crippen LogP contribution in [0.3, 0.4) is 0 Å². The molecule has 0 aromatic heterocycles. The van der Waals surface area contributed by atoms with E-state index in [0.29, 0.717) is 6.54 Å². The molecular weight excluding hydrogens is 345 g/mol. The molecule has 0 spiro atoms. The number of ether oxygens (including phenoxy) is 1. The zero-order valence-electron chi connectivity index (χ0n) is 16.2. The van der Waals surface area contributed by atoms with Crippen molar-refractivity contribution in [2.24, 2.45) is 0 Å². The summed E-state index contributed by atoms with van der Waals surface area (Å²) in [5.74, 6) is -0.192. The minimum absolute atomic E-state index is 0.192. The maximum atomic E-state index is 12.9. The van der Waals surface area contributed by atoms with E-state index in [1.807, 2.05) is 51.1 Å². The van der Waals surface area contributed by atoms with Crippen LogP contribution in [0.1, 0.15) is 26.3 Å². The Hall–Kier alpha value is -2.60. The highest BCUT2D eigenvalue weighted by molar-refractivity contribution is 5.70. The summed E-state index contributed by atoms with van der Waals surface area (Å²) in [5, 5.41) is 6.51. The van der Waals surface area contributed by atoms with Crippen LogP contribution in [0.4, 0.5) is 9.18 Å². The normalized spacial score (nSPS) is 17.8. The van der Waals surface area contributed by atoms with Crippen LogP contribution in [-0.4, -0.2) is 42.8 Å². The molecule has 0 atom stereocenters. The molecule has 0 saturated carbocycles. The van der Waals surface area contributed by atoms with Crippen LogP contribution in [0.25, 0.3) is 6.08 Å². The molecule has 1 amide bonds. The van der Waals surface area contributed by atoms with Crippen molar-refractivity contribution >= 4 is 12.2 Å². The van der Waals surface area contributed by atoms with E-state index in [1.165, 1.54) is 17.0 Å². The lowest BCUT2D eigenvalue weighted by molar-refractivity contribution is 0.0350. The highest BCUT2D eigenvalue weighted by atomic mass is 19.1. The van der Waals surface area contributed by atoms with Gasteiger partial charge in [0.15, 0.2) is 0 Å². The number of hydrogen-bond acceptors (Lipinski definition) is 4. The van der Waals surface area contributed by atoms with Crippen molar-refractivity contribution in [3.63, 3.8) is 0 Å². The van der Waals surface area contributed by atoms with Crippen LogP contribution in [-0.2, 0) is 4.74 Å². The molecule has 0 unspecified atom stereocenters. The SMILES string of the molecule is CC(C)(C)OC(=O)N1C=CC=CC1.Fc1cccc(C=C2CNCCN2)c1. The molecule has 2 heterocycles. The molecular formula is C21H28FN3O2. The number of carbonyl (C=O) groups is 1. The van der Waals surface area contributed by atoms with Crippen molar-refractivity contribution < 1.29 is 13.9 Å². The van der Waals surface area contributed by atoms with Crippen molar-refractivity contribution in [1.29, 1.82) is 0 Å². The van der Waals surface area contributed by atoms with Crippen LogP contribution in [0.2, 0.25) is 0 Å². The molecule has 0 radical (unpaired) electrons. The first-order chi connectivity index (χ1) is 12.8. The number of benzene rings is 1. The van der Waals surface area contributed by atoms with E-state index >= 15 is 0 Å². The number of rotatable bonds is 1. The number of nitrogens with one attached hydrogen (secondary N) is 2. The Morgan fingerprint density at radius 2 is 2.07 bits per heavy atom. The van der Waals surface area contributed by atoms with Gasteiger partial charge in [0, 0.05) is 38.1 Å². The molecule has 6 heteroatoms. The van der Waals surface area contributed by atoms with Gasteiger partial charge < -0.3 is 15.4 Å². The molecule has 2 aliphatic heterocycles. The van der Waals surface area contributed by atoms with Crippen LogP contribution in [0.5, 0.6) is 0 Å². The van der Waals surface area contributed by atoms with Crippen LogP contribution in [0.15, 0.2) is 54.4 Å². The van der Waals surface area contributed by atoms with Crippen molar-refractivity contribution in [3.05, 3.63) is 65.8 Å². The number of nitrogens with zero attached hydrogens (tertiary/aromatic N) is 1. The minimum atomic E-state index is -0.425. The predicted molar refractivity (Wildman–Crippen MR) is 106 cm³/mol. The Morgan fingerprint density at radius 3 is 2.67 bits per heavy atom. The number of hydrogen-bond donors (Lipinski definition) is 2. The summed E-state index contributed by atoms with van der Waals surface area (Å²) in [5.41, 5.74) is 1.59. The fraction of sp³-hybridized carbons (Fsp3) is 0.381. The number of halogens is 1. The molecule has 0 aliphatic carbocycles. The molecule has 2 aliphatic rings. The molecule has 2 N–H and O–H groups in total. The average molecular weight is 373 g/mol. The zero-order chi connectivity index (χ0) is 19.7. The van der Waals surface area contributed by atoms with Gasteiger partial charge >= 0.3 is 6.09 Å². The molecule has 1 aromatic rings. The Bertz CT molecular complexity index is 712. The van der Waals surface area contributed by atoms with E-state index in [-0.39, 0.29) is 11.9 Å². The summed E-state index contributed by atoms with van der Waals surface area (Å²) < 4.78 is 18.0. The first-order valence-electron chi connectivity index (χ1n) is 9.07. The predicted octanol–water partition coefficient (Wildman–Crippen LogP) is 3.67. The Labute approximate surface area is 160 Å². The second kappa shape index (κ2) is 9.92. The molecule has 27 heavy (non-hydrogen) atoms. The Morgan fingerprint density at radius 1 is 1.26 bits per heavy atom. The van der Waals surface area contributed by atoms with Crippen molar-refractivity contribution in [3.8, 4) is 0 Å². The average Bonchev–Trinajstić information content (AvgIpc) is 2.62. The zero-order valence-corrected chi connectivity index (χ0v) is 16.2. The van der Waals surface area contributed by atoms with Crippen LogP contribution in [0, 0.1) is 5.82 Å². The fourth-order valence-corrected chi connectivity index (χ4v) is 2.42. The quantitative estimate of drug-likeness (QED) is 0.789. The van der Waals surface area contributed by atoms with Crippen LogP contribution >= 0.6 is 0 Å². The van der Waals surface area contributed by atoms with E-state index < -0.39 is 5.60 Å². The summed E-state index contributed by atoms with van der Waals surface area (Å²) >= 11 is 0. The number of amides is 1. The largest absolute Gasteiger partial charge is 0.443 e. The number of piperazine rings is 1. The third-order valence-electron chi connectivity index (χ3n) is 3.60. The maximum Gasteiger partial charge on any atom is 0.414 e. The fourth-order valence-electron chi connectivity index (χ4n) is 2.42. The number of carbonyl (C=O) groups excluding carboxylic acids is 1. The van der Waals surface area contributed by atoms with Crippen molar-refractivity contribution in [1.82, 2.24) is 15.5 Å². The van der Waals surface area contributed by atoms with Gasteiger partial charge in [-0.05, 0) is 50.6 Å². The molecule has 146 valence electrons. The summed E-state index contributed by atoms with van der Waals surface area (Å²) in [6, 6.07) is 6.60. The lowest BCUT2D eigenvalue weighted by atomic mass is 10.1. The van der Waals surface area contributed by atoms with Gasteiger partial charge in [0.2, 0.25) is 0 Å². The van der Waals surface area contributed by atoms with Gasteiger partial charge in [-0.25, -0.2) is 9.18 Å². The molecule has 3 rings (SSSR count). The van der Waals surface area contributed by atoms with Gasteiger partial charge in [0.1, 0.15) is 11.4 Å². The molecule has 0 bridgehead atoms. The lowest BCUT2D eigenvalue weighted by Gasteiger charge is -2.25. The van der Waals surface area contributed by atoms with Gasteiger partial charge in [-0.1, -0.05) is 24.3 Å². The van der Waals surface area contributed by atoms with E-state index in [9.17, 15) is 9.18 Å². The molecule has 1 saturated heterocycles. The second-order valence-corrected chi connectivity index (χ2v) is 7.23. The van der Waals surface area contributed by atoms with Gasteiger partial charge in [-0.15, -0.1) is 0 Å². The van der Waals surface area contributed by atoms with E-state index in [2.05, 4.69) is 10.6 Å². The first-order valence-corrected chi connectivity index (χ1v) is 9.07. The Balaban J connectivity index is 0.000000194. The monoisotopic (exact) mass is 373 g/mol. The molecule has 5 nitrogen and oxygen atoms in total. The standard InChI is InChI=1S/C11H13FN2.C10H15NO2/c12-10-3-1-2-9(6-10)7-11-8-13-4-5-14-11;1-10(2,3)13-9(12)11-7-5-4-6-8-11/h1-3,6-7,13-14H,4-5,8H2;4-7H,8H2,1-3H3. The van der Waals surface area contributed by atoms with Gasteiger partial charge in [-0.3, -0.25) is 4.90 Å². The molecule has 1 aromatic carbocycles. The Kier molecular flexibility index (Phi) is 7.61. The van der Waals surface area contributed by atoms with Crippen molar-refractivity contribution in [2.45, 2.75) is 26.4 Å². The number of allylic oxidation sites excluding steroid dienone is 2. The summed E-state index contributed by atoms with van der Waals surface area (Å²) in [6.07, 6.45) is 9.01. The van der Waals surface area contributed by atoms with E-state index in [0.717, 1.165) is 30.9 Å². The highest BCUT2D eigenvalue weighted by Crippen LogP contribution is 2.11. The minimum Gasteiger partial charge on any atom is -0.443 e. The van der Waals surface area contributed by atoms with E-state index in [1.54, 1.807) is 12.3 Å². The smallest absolute Gasteiger partial charge is 0.414 e. The van der Waals surface area contributed by atoms with E-state index in [4.69, 9.17) is 4.74 Å². The summed E-state index contributed by atoms with van der Waals surface area (Å²) in [6.45, 7) is 8.90. The summed E-state index contributed by atoms with van der Waals surface area (Å²) in [4.78, 5) is 13.0. The lowest BCUT2D eigenvalue weighted by Crippen LogP contribution is -2.37. The topological polar surface area (TPSA) is 53.6 Å². The van der Waals surface area contributed by atoms with Gasteiger partial charge in [-0.2, -0.15) is 0 Å². The van der Waals surface area contributed by atoms with Gasteiger partial charge in [0.05, 0.1) is 0 Å². The first kappa shape index (κ1) is 20.7.